The lowest BCUT2D eigenvalue weighted by atomic mass is 10.1. The van der Waals surface area contributed by atoms with Crippen LogP contribution in [0.3, 0.4) is 0 Å². The minimum absolute atomic E-state index is 0.147. The molecule has 0 aliphatic carbocycles. The molecular formula is C20H22N2O2S2. The average molecular weight is 387 g/mol. The highest BCUT2D eigenvalue weighted by molar-refractivity contribution is 7.99. The summed E-state index contributed by atoms with van der Waals surface area (Å²) >= 11 is 1.59. The van der Waals surface area contributed by atoms with Crippen molar-refractivity contribution >= 4 is 21.6 Å². The molecular weight excluding hydrogens is 364 g/mol. The van der Waals surface area contributed by atoms with E-state index in [2.05, 4.69) is 35.5 Å². The van der Waals surface area contributed by atoms with Gasteiger partial charge in [-0.2, -0.15) is 0 Å². The first kappa shape index (κ1) is 18.7. The Hall–Kier alpha value is -2.05. The molecule has 1 heterocycles. The molecule has 6 heteroatoms. The highest BCUT2D eigenvalue weighted by Crippen LogP contribution is 2.25. The zero-order valence-electron chi connectivity index (χ0n) is 14.9. The molecule has 26 heavy (non-hydrogen) atoms. The van der Waals surface area contributed by atoms with Gasteiger partial charge in [-0.3, -0.25) is 4.57 Å². The lowest BCUT2D eigenvalue weighted by molar-refractivity contribution is 0.595. The fourth-order valence-electron chi connectivity index (χ4n) is 2.73. The summed E-state index contributed by atoms with van der Waals surface area (Å²) in [5.74, 6) is 0.849. The second kappa shape index (κ2) is 8.10. The molecule has 0 spiro atoms. The van der Waals surface area contributed by atoms with Crippen LogP contribution in [0.15, 0.2) is 71.0 Å². The van der Waals surface area contributed by atoms with Crippen molar-refractivity contribution in [3.63, 3.8) is 0 Å². The second-order valence-corrected chi connectivity index (χ2v) is 9.30. The number of hydrogen-bond donors (Lipinski definition) is 0. The Morgan fingerprint density at radius 1 is 1.04 bits per heavy atom. The number of rotatable bonds is 7. The van der Waals surface area contributed by atoms with Crippen molar-refractivity contribution in [2.75, 3.05) is 11.5 Å². The number of aromatic nitrogens is 2. The molecule has 0 saturated heterocycles. The summed E-state index contributed by atoms with van der Waals surface area (Å²) in [5, 5.41) is 0.885. The van der Waals surface area contributed by atoms with Gasteiger partial charge in [-0.05, 0) is 49.6 Å². The van der Waals surface area contributed by atoms with Crippen LogP contribution in [0.5, 0.6) is 0 Å². The number of aryl methyl sites for hydroxylation is 1. The number of thioether (sulfide) groups is 1. The van der Waals surface area contributed by atoms with E-state index in [0.717, 1.165) is 10.8 Å². The first-order chi connectivity index (χ1) is 12.5. The Morgan fingerprint density at radius 2 is 1.81 bits per heavy atom. The number of imidazole rings is 1. The molecule has 0 saturated carbocycles. The highest BCUT2D eigenvalue weighted by atomic mass is 32.2. The van der Waals surface area contributed by atoms with Crippen LogP contribution in [-0.2, 0) is 9.84 Å². The van der Waals surface area contributed by atoms with E-state index in [0.29, 0.717) is 17.1 Å². The van der Waals surface area contributed by atoms with Crippen molar-refractivity contribution in [1.29, 1.82) is 0 Å². The van der Waals surface area contributed by atoms with Gasteiger partial charge in [0.2, 0.25) is 0 Å². The lowest BCUT2D eigenvalue weighted by Gasteiger charge is -2.12. The van der Waals surface area contributed by atoms with E-state index in [1.165, 1.54) is 11.1 Å². The van der Waals surface area contributed by atoms with Crippen LogP contribution in [-0.4, -0.2) is 29.5 Å². The highest BCUT2D eigenvalue weighted by Gasteiger charge is 2.14. The van der Waals surface area contributed by atoms with E-state index in [1.807, 2.05) is 18.3 Å². The van der Waals surface area contributed by atoms with Gasteiger partial charge in [-0.25, -0.2) is 13.4 Å². The maximum atomic E-state index is 12.3. The molecule has 0 atom stereocenters. The number of benzene rings is 2. The summed E-state index contributed by atoms with van der Waals surface area (Å²) in [6.45, 7) is 4.20. The van der Waals surface area contributed by atoms with E-state index in [1.54, 1.807) is 42.2 Å². The normalized spacial score (nSPS) is 11.6. The van der Waals surface area contributed by atoms with Crippen LogP contribution in [0.4, 0.5) is 0 Å². The second-order valence-electron chi connectivity index (χ2n) is 6.13. The largest absolute Gasteiger partial charge is 0.295 e. The van der Waals surface area contributed by atoms with Crippen LogP contribution in [0.2, 0.25) is 0 Å². The Balaban J connectivity index is 1.64. The summed E-state index contributed by atoms with van der Waals surface area (Å²) in [5.41, 5.74) is 3.57. The predicted octanol–water partition coefficient (Wildman–Crippen LogP) is 4.45. The third-order valence-corrected chi connectivity index (χ3v) is 7.20. The Bertz CT molecular complexity index is 980. The van der Waals surface area contributed by atoms with Crippen molar-refractivity contribution in [3.05, 3.63) is 72.1 Å². The first-order valence-corrected chi connectivity index (χ1v) is 11.1. The SMILES string of the molecule is Cc1cccc(-n2ccnc2SCCCS(=O)(=O)c2ccccc2)c1C. The van der Waals surface area contributed by atoms with Crippen LogP contribution < -0.4 is 0 Å². The average Bonchev–Trinajstić information content (AvgIpc) is 3.10. The molecule has 0 bridgehead atoms. The summed E-state index contributed by atoms with van der Waals surface area (Å²) in [6, 6.07) is 14.8. The van der Waals surface area contributed by atoms with Gasteiger partial charge in [0.15, 0.2) is 15.0 Å². The van der Waals surface area contributed by atoms with Crippen LogP contribution in [0.1, 0.15) is 17.5 Å². The minimum Gasteiger partial charge on any atom is -0.295 e. The fourth-order valence-corrected chi connectivity index (χ4v) is 5.15. The van der Waals surface area contributed by atoms with E-state index in [-0.39, 0.29) is 5.75 Å². The first-order valence-electron chi connectivity index (χ1n) is 8.49. The van der Waals surface area contributed by atoms with E-state index in [4.69, 9.17) is 0 Å². The summed E-state index contributed by atoms with van der Waals surface area (Å²) in [4.78, 5) is 4.82. The van der Waals surface area contributed by atoms with E-state index >= 15 is 0 Å². The molecule has 136 valence electrons. The van der Waals surface area contributed by atoms with Gasteiger partial charge in [0.25, 0.3) is 0 Å². The molecule has 0 amide bonds. The lowest BCUT2D eigenvalue weighted by Crippen LogP contribution is -2.07. The molecule has 4 nitrogen and oxygen atoms in total. The maximum Gasteiger partial charge on any atom is 0.178 e. The number of nitrogens with zero attached hydrogens (tertiary/aromatic N) is 2. The molecule has 0 unspecified atom stereocenters. The number of hydrogen-bond acceptors (Lipinski definition) is 4. The molecule has 3 rings (SSSR count). The van der Waals surface area contributed by atoms with Gasteiger partial charge in [-0.1, -0.05) is 42.1 Å². The molecule has 0 radical (unpaired) electrons. The van der Waals surface area contributed by atoms with Gasteiger partial charge < -0.3 is 0 Å². The number of sulfone groups is 1. The van der Waals surface area contributed by atoms with E-state index in [9.17, 15) is 8.42 Å². The molecule has 0 aliphatic rings. The van der Waals surface area contributed by atoms with Crippen LogP contribution in [0.25, 0.3) is 5.69 Å². The third-order valence-electron chi connectivity index (χ3n) is 4.33. The Morgan fingerprint density at radius 3 is 2.58 bits per heavy atom. The predicted molar refractivity (Wildman–Crippen MR) is 107 cm³/mol. The topological polar surface area (TPSA) is 52.0 Å². The molecule has 0 N–H and O–H groups in total. The van der Waals surface area contributed by atoms with Gasteiger partial charge in [0.05, 0.1) is 16.3 Å². The van der Waals surface area contributed by atoms with E-state index < -0.39 is 9.84 Å². The molecule has 0 aliphatic heterocycles. The van der Waals surface area contributed by atoms with Crippen molar-refractivity contribution in [1.82, 2.24) is 9.55 Å². The zero-order valence-corrected chi connectivity index (χ0v) is 16.6. The van der Waals surface area contributed by atoms with Crippen molar-refractivity contribution in [2.24, 2.45) is 0 Å². The molecule has 0 fully saturated rings. The third kappa shape index (κ3) is 4.19. The zero-order chi connectivity index (χ0) is 18.6. The molecule has 2 aromatic carbocycles. The van der Waals surface area contributed by atoms with Gasteiger partial charge >= 0.3 is 0 Å². The molecule has 1 aromatic heterocycles. The van der Waals surface area contributed by atoms with Gasteiger partial charge in [0, 0.05) is 18.1 Å². The molecule has 3 aromatic rings. The van der Waals surface area contributed by atoms with Crippen molar-refractivity contribution in [3.8, 4) is 5.69 Å². The summed E-state index contributed by atoms with van der Waals surface area (Å²) < 4.78 is 26.7. The van der Waals surface area contributed by atoms with Gasteiger partial charge in [0.1, 0.15) is 0 Å². The standard InChI is InChI=1S/C20H22N2O2S2/c1-16-8-6-11-19(17(16)2)22-13-12-21-20(22)25-14-7-15-26(23,24)18-9-4-3-5-10-18/h3-6,8-13H,7,14-15H2,1-2H3. The van der Waals surface area contributed by atoms with Gasteiger partial charge in [-0.15, -0.1) is 0 Å². The quantitative estimate of drug-likeness (QED) is 0.445. The minimum atomic E-state index is -3.22. The summed E-state index contributed by atoms with van der Waals surface area (Å²) in [6.07, 6.45) is 4.32. The fraction of sp³-hybridized carbons (Fsp3) is 0.250. The van der Waals surface area contributed by atoms with Crippen molar-refractivity contribution < 1.29 is 8.42 Å². The van der Waals surface area contributed by atoms with Crippen LogP contribution in [0, 0.1) is 13.8 Å². The monoisotopic (exact) mass is 386 g/mol. The Kier molecular flexibility index (Phi) is 5.84. The smallest absolute Gasteiger partial charge is 0.178 e. The Labute approximate surface area is 159 Å². The van der Waals surface area contributed by atoms with Crippen LogP contribution >= 0.6 is 11.8 Å². The van der Waals surface area contributed by atoms with Crippen molar-refractivity contribution in [2.45, 2.75) is 30.3 Å². The summed E-state index contributed by atoms with van der Waals surface area (Å²) in [7, 11) is -3.22. The maximum absolute atomic E-state index is 12.3.